The molecule has 2 aromatic rings. The summed E-state index contributed by atoms with van der Waals surface area (Å²) in [6.07, 6.45) is 5.58. The van der Waals surface area contributed by atoms with E-state index in [2.05, 4.69) is 22.0 Å². The highest BCUT2D eigenvalue weighted by Gasteiger charge is 2.34. The molecule has 0 amide bonds. The summed E-state index contributed by atoms with van der Waals surface area (Å²) < 4.78 is 27.5. The maximum absolute atomic E-state index is 12.0. The lowest BCUT2D eigenvalue weighted by molar-refractivity contribution is 0.386. The molecule has 1 aliphatic heterocycles. The van der Waals surface area contributed by atoms with Crippen LogP contribution in [0.2, 0.25) is 0 Å². The largest absolute Gasteiger partial charge is 0.263 e. The van der Waals surface area contributed by atoms with Crippen LogP contribution in [-0.2, 0) is 16.6 Å². The Morgan fingerprint density at radius 1 is 1.33 bits per heavy atom. The van der Waals surface area contributed by atoms with Gasteiger partial charge in [0.1, 0.15) is 5.82 Å². The topological polar surface area (TPSA) is 81.0 Å². The van der Waals surface area contributed by atoms with Crippen LogP contribution in [0.3, 0.4) is 0 Å². The molecule has 3 rings (SSSR count). The predicted molar refractivity (Wildman–Crippen MR) is 91.8 cm³/mol. The molecule has 0 N–H and O–H groups in total. The average molecular weight is 349 g/mol. The maximum atomic E-state index is 12.0. The summed E-state index contributed by atoms with van der Waals surface area (Å²) in [5, 5.41) is 4.34. The van der Waals surface area contributed by atoms with Gasteiger partial charge in [-0.05, 0) is 38.3 Å². The van der Waals surface area contributed by atoms with Gasteiger partial charge in [0, 0.05) is 25.0 Å². The molecule has 0 aliphatic carbocycles. The van der Waals surface area contributed by atoms with Gasteiger partial charge in [-0.15, -0.1) is 0 Å². The predicted octanol–water partition coefficient (Wildman–Crippen LogP) is 2.16. The molecule has 1 unspecified atom stereocenters. The lowest BCUT2D eigenvalue weighted by Gasteiger charge is -2.21. The van der Waals surface area contributed by atoms with Gasteiger partial charge in [0.05, 0.1) is 23.7 Å². The molecular formula is C16H23N5O2S. The normalized spacial score (nSPS) is 19.0. The van der Waals surface area contributed by atoms with E-state index in [9.17, 15) is 8.42 Å². The molecule has 7 nitrogen and oxygen atoms in total. The number of hydrogen-bond acceptors (Lipinski definition) is 5. The first-order chi connectivity index (χ1) is 11.4. The highest BCUT2D eigenvalue weighted by atomic mass is 32.2. The Bertz CT molecular complexity index is 831. The van der Waals surface area contributed by atoms with Gasteiger partial charge in [-0.1, -0.05) is 6.92 Å². The molecule has 0 saturated carbocycles. The van der Waals surface area contributed by atoms with E-state index in [0.29, 0.717) is 12.4 Å². The van der Waals surface area contributed by atoms with Crippen molar-refractivity contribution < 1.29 is 8.42 Å². The fraction of sp³-hybridized carbons (Fsp3) is 0.562. The van der Waals surface area contributed by atoms with Crippen molar-refractivity contribution in [2.45, 2.75) is 45.7 Å². The molecule has 1 fully saturated rings. The highest BCUT2D eigenvalue weighted by molar-refractivity contribution is 7.88. The number of rotatable bonds is 5. The van der Waals surface area contributed by atoms with Gasteiger partial charge in [-0.25, -0.2) is 18.4 Å². The summed E-state index contributed by atoms with van der Waals surface area (Å²) in [6.45, 7) is 5.36. The molecule has 0 radical (unpaired) electrons. The summed E-state index contributed by atoms with van der Waals surface area (Å²) in [4.78, 5) is 9.20. The van der Waals surface area contributed by atoms with Crippen LogP contribution >= 0.6 is 0 Å². The SMILES string of the molecule is CCCn1nccc1-c1cc(C)nc(C2CCCN2S(C)(=O)=O)n1. The van der Waals surface area contributed by atoms with E-state index >= 15 is 0 Å². The number of nitrogens with zero attached hydrogens (tertiary/aromatic N) is 5. The van der Waals surface area contributed by atoms with Crippen LogP contribution in [0.25, 0.3) is 11.4 Å². The summed E-state index contributed by atoms with van der Waals surface area (Å²) in [7, 11) is -3.26. The lowest BCUT2D eigenvalue weighted by atomic mass is 10.2. The molecule has 130 valence electrons. The zero-order valence-electron chi connectivity index (χ0n) is 14.3. The van der Waals surface area contributed by atoms with Crippen molar-refractivity contribution in [1.82, 2.24) is 24.1 Å². The number of sulfonamides is 1. The van der Waals surface area contributed by atoms with Crippen molar-refractivity contribution in [2.24, 2.45) is 0 Å². The molecule has 1 aliphatic rings. The van der Waals surface area contributed by atoms with Crippen molar-refractivity contribution in [1.29, 1.82) is 0 Å². The molecule has 2 aromatic heterocycles. The monoisotopic (exact) mass is 349 g/mol. The molecule has 8 heteroatoms. The minimum atomic E-state index is -3.26. The molecule has 1 atom stereocenters. The van der Waals surface area contributed by atoms with Gasteiger partial charge in [-0.3, -0.25) is 4.68 Å². The summed E-state index contributed by atoms with van der Waals surface area (Å²) in [5.74, 6) is 0.581. The first-order valence-electron chi connectivity index (χ1n) is 8.24. The Balaban J connectivity index is 2.02. The second kappa shape index (κ2) is 6.60. The first kappa shape index (κ1) is 17.0. The fourth-order valence-corrected chi connectivity index (χ4v) is 4.33. The maximum Gasteiger partial charge on any atom is 0.211 e. The molecule has 0 aromatic carbocycles. The third kappa shape index (κ3) is 3.34. The van der Waals surface area contributed by atoms with Crippen LogP contribution in [0.5, 0.6) is 0 Å². The van der Waals surface area contributed by atoms with Crippen LogP contribution < -0.4 is 0 Å². The van der Waals surface area contributed by atoms with Crippen molar-refractivity contribution in [3.05, 3.63) is 29.8 Å². The highest BCUT2D eigenvalue weighted by Crippen LogP contribution is 2.33. The van der Waals surface area contributed by atoms with E-state index < -0.39 is 10.0 Å². The Morgan fingerprint density at radius 2 is 2.12 bits per heavy atom. The molecule has 0 bridgehead atoms. The van der Waals surface area contributed by atoms with Crippen LogP contribution in [0, 0.1) is 6.92 Å². The van der Waals surface area contributed by atoms with Gasteiger partial charge in [0.25, 0.3) is 0 Å². The zero-order valence-corrected chi connectivity index (χ0v) is 15.1. The van der Waals surface area contributed by atoms with Crippen molar-refractivity contribution in [3.63, 3.8) is 0 Å². The summed E-state index contributed by atoms with van der Waals surface area (Å²) in [6, 6.07) is 3.58. The van der Waals surface area contributed by atoms with Gasteiger partial charge in [0.15, 0.2) is 0 Å². The minimum absolute atomic E-state index is 0.277. The summed E-state index contributed by atoms with van der Waals surface area (Å²) in [5.41, 5.74) is 2.57. The van der Waals surface area contributed by atoms with Crippen LogP contribution in [0.1, 0.15) is 43.7 Å². The van der Waals surface area contributed by atoms with E-state index in [-0.39, 0.29) is 6.04 Å². The van der Waals surface area contributed by atoms with Crippen molar-refractivity contribution >= 4 is 10.0 Å². The van der Waals surface area contributed by atoms with E-state index in [0.717, 1.165) is 42.9 Å². The molecule has 24 heavy (non-hydrogen) atoms. The Kier molecular flexibility index (Phi) is 4.69. The van der Waals surface area contributed by atoms with Gasteiger partial charge < -0.3 is 0 Å². The standard InChI is InChI=1S/C16H23N5O2S/c1-4-9-20-14(7-8-17-20)13-11-12(2)18-16(19-13)15-6-5-10-21(15)24(3,22)23/h7-8,11,15H,4-6,9-10H2,1-3H3. The molecule has 0 spiro atoms. The molecular weight excluding hydrogens is 326 g/mol. The number of aryl methyl sites for hydroxylation is 2. The second-order valence-electron chi connectivity index (χ2n) is 6.22. The molecule has 3 heterocycles. The number of hydrogen-bond donors (Lipinski definition) is 0. The van der Waals surface area contributed by atoms with Crippen LogP contribution in [0.4, 0.5) is 0 Å². The number of aromatic nitrogens is 4. The third-order valence-corrected chi connectivity index (χ3v) is 5.50. The second-order valence-corrected chi connectivity index (χ2v) is 8.16. The van der Waals surface area contributed by atoms with Crippen LogP contribution in [0.15, 0.2) is 18.3 Å². The van der Waals surface area contributed by atoms with Crippen molar-refractivity contribution in [3.8, 4) is 11.4 Å². The first-order valence-corrected chi connectivity index (χ1v) is 10.1. The van der Waals surface area contributed by atoms with Gasteiger partial charge in [0.2, 0.25) is 10.0 Å². The fourth-order valence-electron chi connectivity index (χ4n) is 3.21. The quantitative estimate of drug-likeness (QED) is 0.826. The van der Waals surface area contributed by atoms with Gasteiger partial charge >= 0.3 is 0 Å². The third-order valence-electron chi connectivity index (χ3n) is 4.21. The average Bonchev–Trinajstić information content (AvgIpc) is 3.15. The van der Waals surface area contributed by atoms with E-state index in [1.165, 1.54) is 10.6 Å². The van der Waals surface area contributed by atoms with E-state index in [1.54, 1.807) is 6.20 Å². The van der Waals surface area contributed by atoms with E-state index in [4.69, 9.17) is 0 Å². The van der Waals surface area contributed by atoms with E-state index in [1.807, 2.05) is 23.7 Å². The minimum Gasteiger partial charge on any atom is -0.263 e. The summed E-state index contributed by atoms with van der Waals surface area (Å²) >= 11 is 0. The Morgan fingerprint density at radius 3 is 2.83 bits per heavy atom. The molecule has 1 saturated heterocycles. The van der Waals surface area contributed by atoms with Gasteiger partial charge in [-0.2, -0.15) is 9.40 Å². The zero-order chi connectivity index (χ0) is 17.3. The Labute approximate surface area is 142 Å². The van der Waals surface area contributed by atoms with Crippen molar-refractivity contribution in [2.75, 3.05) is 12.8 Å². The smallest absolute Gasteiger partial charge is 0.211 e. The lowest BCUT2D eigenvalue weighted by Crippen LogP contribution is -2.30. The van der Waals surface area contributed by atoms with Crippen LogP contribution in [-0.4, -0.2) is 45.3 Å². The Hall–Kier alpha value is -1.80.